The zero-order valence-corrected chi connectivity index (χ0v) is 31.9. The molecule has 0 spiro atoms. The van der Waals surface area contributed by atoms with Crippen LogP contribution >= 0.6 is 11.3 Å². The Balaban J connectivity index is 1.10. The number of hydrogen-bond acceptors (Lipinski definition) is 11. The Morgan fingerprint density at radius 3 is 2.47 bits per heavy atom. The molecule has 3 aliphatic carbocycles. The molecule has 3 N–H and O–H groups in total. The maximum absolute atomic E-state index is 14.6. The fourth-order valence-corrected chi connectivity index (χ4v) is 9.73. The Hall–Kier alpha value is -4.83. The number of aromatic nitrogens is 2. The molecule has 3 fully saturated rings. The van der Waals surface area contributed by atoms with Crippen molar-refractivity contribution >= 4 is 56.2 Å². The quantitative estimate of drug-likeness (QED) is 0.274. The van der Waals surface area contributed by atoms with Gasteiger partial charge in [-0.15, -0.1) is 11.3 Å². The van der Waals surface area contributed by atoms with Crippen molar-refractivity contribution in [3.8, 4) is 16.5 Å². The first-order valence-corrected chi connectivity index (χ1v) is 21.5. The van der Waals surface area contributed by atoms with Crippen LogP contribution in [0.2, 0.25) is 0 Å². The molecule has 4 heterocycles. The predicted octanol–water partition coefficient (Wildman–Crippen LogP) is 4.52. The van der Waals surface area contributed by atoms with Crippen molar-refractivity contribution in [1.82, 2.24) is 30.2 Å². The van der Waals surface area contributed by atoms with E-state index in [2.05, 4.69) is 15.4 Å². The molecule has 1 aromatic carbocycles. The second kappa shape index (κ2) is 15.4. The molecular formula is C39H44N6O8S2. The number of allylic oxidation sites excluding steroid dienone is 1. The summed E-state index contributed by atoms with van der Waals surface area (Å²) in [5.41, 5.74) is 0.316. The number of amides is 4. The number of thiophene rings is 1. The summed E-state index contributed by atoms with van der Waals surface area (Å²) in [4.78, 5) is 67.8. The minimum Gasteiger partial charge on any atom is -0.471 e. The lowest BCUT2D eigenvalue weighted by Gasteiger charge is -2.30. The smallest absolute Gasteiger partial charge is 0.408 e. The van der Waals surface area contributed by atoms with Gasteiger partial charge in [0.05, 0.1) is 27.7 Å². The summed E-state index contributed by atoms with van der Waals surface area (Å²) >= 11 is 1.48. The zero-order valence-electron chi connectivity index (χ0n) is 30.2. The number of nitrogens with zero attached hydrogens (tertiary/aromatic N) is 3. The van der Waals surface area contributed by atoms with Gasteiger partial charge in [-0.1, -0.05) is 55.3 Å². The van der Waals surface area contributed by atoms with Gasteiger partial charge in [-0.05, 0) is 62.1 Å². The van der Waals surface area contributed by atoms with Crippen molar-refractivity contribution in [3.63, 3.8) is 0 Å². The van der Waals surface area contributed by atoms with E-state index in [1.54, 1.807) is 0 Å². The van der Waals surface area contributed by atoms with E-state index in [1.165, 1.54) is 16.2 Å². The molecule has 14 nitrogen and oxygen atoms in total. The van der Waals surface area contributed by atoms with Crippen LogP contribution in [-0.4, -0.2) is 88.7 Å². The van der Waals surface area contributed by atoms with E-state index in [4.69, 9.17) is 19.4 Å². The normalized spacial score (nSPS) is 28.0. The third-order valence-electron chi connectivity index (χ3n) is 10.9. The van der Waals surface area contributed by atoms with Crippen molar-refractivity contribution in [2.45, 2.75) is 106 Å². The van der Waals surface area contributed by atoms with E-state index >= 15 is 0 Å². The third-order valence-corrected chi connectivity index (χ3v) is 13.6. The van der Waals surface area contributed by atoms with E-state index in [9.17, 15) is 27.6 Å². The Labute approximate surface area is 323 Å². The average molecular weight is 789 g/mol. The molecule has 16 heteroatoms. The van der Waals surface area contributed by atoms with Crippen molar-refractivity contribution in [2.24, 2.45) is 5.92 Å². The van der Waals surface area contributed by atoms with Crippen LogP contribution in [0.15, 0.2) is 66.1 Å². The molecule has 5 atom stereocenters. The van der Waals surface area contributed by atoms with Crippen LogP contribution in [-0.2, 0) is 29.1 Å². The number of nitrogens with one attached hydrogen (secondary N) is 3. The molecule has 2 aliphatic heterocycles. The lowest BCUT2D eigenvalue weighted by atomic mass is 10.0. The standard InChI is InChI=1S/C39H44N6O8S2/c46-34-31-21-26(52-35-33(32-17-10-20-54-32)40-28-14-8-9-15-29(28)41-35)23-45(31)36(47)30(42-38(49)53-25-12-6-7-13-25)16-5-3-1-2-4-11-24-22-39(24,43-34)37(48)44-55(50,51)27-18-19-27/h4,6-11,14-15,17,20,24-27,30-31H,1-3,5,12-13,16,18-19,21-23H2,(H,42,49)(H,43,46)(H,44,48)/b11-4-/t24-,26-,30+,31+,39-/m1/s1. The molecule has 1 saturated heterocycles. The van der Waals surface area contributed by atoms with Crippen LogP contribution in [0, 0.1) is 5.92 Å². The number of alkyl carbamates (subject to hydrolysis) is 1. The van der Waals surface area contributed by atoms with Crippen LogP contribution < -0.4 is 20.1 Å². The van der Waals surface area contributed by atoms with Gasteiger partial charge in [0.1, 0.15) is 35.5 Å². The second-order valence-electron chi connectivity index (χ2n) is 15.0. The number of sulfonamides is 1. The summed E-state index contributed by atoms with van der Waals surface area (Å²) in [7, 11) is -3.89. The van der Waals surface area contributed by atoms with Gasteiger partial charge in [-0.2, -0.15) is 0 Å². The Kier molecular flexibility index (Phi) is 10.4. The summed E-state index contributed by atoms with van der Waals surface area (Å²) in [6.45, 7) is -0.0202. The van der Waals surface area contributed by atoms with E-state index in [1.807, 2.05) is 66.1 Å². The molecule has 5 aliphatic rings. The Bertz CT molecular complexity index is 2130. The van der Waals surface area contributed by atoms with Crippen molar-refractivity contribution in [1.29, 1.82) is 0 Å². The lowest BCUT2D eigenvalue weighted by molar-refractivity contribution is -0.141. The lowest BCUT2D eigenvalue weighted by Crippen LogP contribution is -2.58. The van der Waals surface area contributed by atoms with Crippen LogP contribution in [0.25, 0.3) is 21.6 Å². The maximum Gasteiger partial charge on any atom is 0.408 e. The number of fused-ring (bicyclic) bond motifs is 3. The number of carbonyl (C=O) groups excluding carboxylic acids is 4. The molecule has 2 aromatic heterocycles. The van der Waals surface area contributed by atoms with Gasteiger partial charge in [0, 0.05) is 25.2 Å². The van der Waals surface area contributed by atoms with Gasteiger partial charge >= 0.3 is 6.09 Å². The Morgan fingerprint density at radius 1 is 0.945 bits per heavy atom. The minimum absolute atomic E-state index is 0.0202. The summed E-state index contributed by atoms with van der Waals surface area (Å²) in [5, 5.41) is 6.99. The van der Waals surface area contributed by atoms with Gasteiger partial charge < -0.3 is 25.0 Å². The summed E-state index contributed by atoms with van der Waals surface area (Å²) in [5.74, 6) is -2.06. The minimum atomic E-state index is -3.89. The number of para-hydroxylation sites is 2. The van der Waals surface area contributed by atoms with E-state index in [0.29, 0.717) is 61.7 Å². The number of rotatable bonds is 8. The largest absolute Gasteiger partial charge is 0.471 e. The molecule has 0 radical (unpaired) electrons. The van der Waals surface area contributed by atoms with Gasteiger partial charge in [0.15, 0.2) is 0 Å². The highest BCUT2D eigenvalue weighted by Gasteiger charge is 2.62. The van der Waals surface area contributed by atoms with Crippen LogP contribution in [0.5, 0.6) is 5.88 Å². The summed E-state index contributed by atoms with van der Waals surface area (Å²) < 4.78 is 40.2. The van der Waals surface area contributed by atoms with Crippen LogP contribution in [0.4, 0.5) is 4.79 Å². The van der Waals surface area contributed by atoms with Crippen molar-refractivity contribution in [3.05, 3.63) is 66.1 Å². The molecule has 0 bridgehead atoms. The van der Waals surface area contributed by atoms with Gasteiger partial charge in [-0.3, -0.25) is 19.1 Å². The average Bonchev–Trinajstić information content (AvgIpc) is 3.90. The molecule has 0 unspecified atom stereocenters. The molecular weight excluding hydrogens is 745 g/mol. The zero-order chi connectivity index (χ0) is 38.2. The highest BCUT2D eigenvalue weighted by Crippen LogP contribution is 2.46. The molecule has 8 rings (SSSR count). The van der Waals surface area contributed by atoms with Crippen LogP contribution in [0.1, 0.15) is 70.6 Å². The van der Waals surface area contributed by atoms with E-state index in [-0.39, 0.29) is 31.4 Å². The molecule has 3 aromatic rings. The van der Waals surface area contributed by atoms with Crippen LogP contribution in [0.3, 0.4) is 0 Å². The summed E-state index contributed by atoms with van der Waals surface area (Å²) in [6, 6.07) is 9.13. The number of ether oxygens (including phenoxy) is 2. The molecule has 4 amide bonds. The fourth-order valence-electron chi connectivity index (χ4n) is 7.66. The van der Waals surface area contributed by atoms with Crippen molar-refractivity contribution < 1.29 is 37.1 Å². The predicted molar refractivity (Wildman–Crippen MR) is 204 cm³/mol. The second-order valence-corrected chi connectivity index (χ2v) is 17.9. The first-order chi connectivity index (χ1) is 26.6. The maximum atomic E-state index is 14.6. The molecule has 2 saturated carbocycles. The SMILES string of the molecule is O=C(N[C@H]1CCCCC/C=C\[C@@H]2C[C@@]2(C(=O)NS(=O)(=O)C2CC2)NC(=O)[C@@H]2C[C@@H](Oc3nc4ccccc4nc3-c3cccs3)CN2C1=O)OC1CC=CC1. The van der Waals surface area contributed by atoms with Gasteiger partial charge in [-0.25, -0.2) is 23.2 Å². The highest BCUT2D eigenvalue weighted by molar-refractivity contribution is 7.91. The topological polar surface area (TPSA) is 186 Å². The summed E-state index contributed by atoms with van der Waals surface area (Å²) in [6.07, 6.45) is 11.6. The fraction of sp³-hybridized carbons (Fsp3) is 0.487. The molecule has 290 valence electrons. The monoisotopic (exact) mass is 788 g/mol. The first kappa shape index (κ1) is 37.1. The molecule has 55 heavy (non-hydrogen) atoms. The van der Waals surface area contributed by atoms with Gasteiger partial charge in [0.25, 0.3) is 5.91 Å². The number of carbonyl (C=O) groups is 4. The number of benzene rings is 1. The highest BCUT2D eigenvalue weighted by atomic mass is 32.2. The van der Waals surface area contributed by atoms with E-state index < -0.39 is 68.7 Å². The number of hydrogen-bond donors (Lipinski definition) is 3. The van der Waals surface area contributed by atoms with Crippen molar-refractivity contribution in [2.75, 3.05) is 6.54 Å². The van der Waals surface area contributed by atoms with E-state index in [0.717, 1.165) is 17.7 Å². The Morgan fingerprint density at radius 2 is 1.73 bits per heavy atom. The third kappa shape index (κ3) is 8.11. The first-order valence-electron chi connectivity index (χ1n) is 19.0. The van der Waals surface area contributed by atoms with Gasteiger partial charge in [0.2, 0.25) is 27.7 Å².